The fraction of sp³-hybridized carbons (Fsp3) is 0.318. The monoisotopic (exact) mass is 319 g/mol. The maximum atomic E-state index is 2.27. The molecule has 24 heavy (non-hydrogen) atoms. The fourth-order valence-electron chi connectivity index (χ4n) is 3.84. The topological polar surface area (TPSA) is 8.81 Å². The van der Waals surface area contributed by atoms with Crippen LogP contribution in [0.4, 0.5) is 0 Å². The van der Waals surface area contributed by atoms with Crippen molar-refractivity contribution in [3.63, 3.8) is 0 Å². The molecule has 0 spiro atoms. The van der Waals surface area contributed by atoms with Crippen molar-refractivity contribution in [3.05, 3.63) is 81.9 Å². The molecule has 0 unspecified atom stereocenters. The molecule has 0 atom stereocenters. The molecule has 0 N–H and O–H groups in total. The van der Waals surface area contributed by atoms with Crippen LogP contribution < -0.4 is 4.57 Å². The molecule has 3 aromatic rings. The van der Waals surface area contributed by atoms with Gasteiger partial charge in [-0.2, -0.15) is 0 Å². The number of hydrogen-bond donors (Lipinski definition) is 0. The summed E-state index contributed by atoms with van der Waals surface area (Å²) < 4.78 is 4.51. The summed E-state index contributed by atoms with van der Waals surface area (Å²) in [6, 6.07) is 9.05. The van der Waals surface area contributed by atoms with Gasteiger partial charge in [0, 0.05) is 0 Å². The van der Waals surface area contributed by atoms with Crippen LogP contribution in [0.15, 0.2) is 43.0 Å². The van der Waals surface area contributed by atoms with E-state index in [0.717, 1.165) is 6.54 Å². The Morgan fingerprint density at radius 1 is 0.750 bits per heavy atom. The Balaban J connectivity index is 1.95. The lowest BCUT2D eigenvalue weighted by molar-refractivity contribution is -0.687. The van der Waals surface area contributed by atoms with Gasteiger partial charge in [-0.05, 0) is 69.4 Å². The minimum Gasteiger partial charge on any atom is -0.232 e. The average Bonchev–Trinajstić information content (AvgIpc) is 2.90. The zero-order valence-electron chi connectivity index (χ0n) is 15.6. The SMILES string of the molecule is Cc1cc(C)c(C[n+]2ccn(-c3c(C)cc(C)cc3C)c2)c(C)c1. The van der Waals surface area contributed by atoms with Crippen molar-refractivity contribution >= 4 is 0 Å². The Morgan fingerprint density at radius 2 is 1.25 bits per heavy atom. The summed E-state index contributed by atoms with van der Waals surface area (Å²) in [7, 11) is 0. The Bertz CT molecular complexity index is 854. The molecule has 0 fully saturated rings. The smallest absolute Gasteiger partial charge is 0.232 e. The summed E-state index contributed by atoms with van der Waals surface area (Å²) in [4.78, 5) is 0. The second-order valence-corrected chi connectivity index (χ2v) is 7.12. The van der Waals surface area contributed by atoms with Crippen molar-refractivity contribution in [2.75, 3.05) is 0 Å². The molecule has 1 aromatic heterocycles. The van der Waals surface area contributed by atoms with E-state index in [-0.39, 0.29) is 0 Å². The van der Waals surface area contributed by atoms with E-state index in [1.54, 1.807) is 0 Å². The van der Waals surface area contributed by atoms with Crippen molar-refractivity contribution in [2.45, 2.75) is 48.1 Å². The summed E-state index contributed by atoms with van der Waals surface area (Å²) in [5.74, 6) is 0. The van der Waals surface area contributed by atoms with Crippen LogP contribution in [0.5, 0.6) is 0 Å². The highest BCUT2D eigenvalue weighted by atomic mass is 15.1. The Labute approximate surface area is 145 Å². The number of benzene rings is 2. The first-order valence-corrected chi connectivity index (χ1v) is 8.57. The molecule has 2 heteroatoms. The van der Waals surface area contributed by atoms with E-state index in [1.165, 1.54) is 44.6 Å². The summed E-state index contributed by atoms with van der Waals surface area (Å²) in [5, 5.41) is 0. The maximum absolute atomic E-state index is 2.27. The van der Waals surface area contributed by atoms with Crippen LogP contribution >= 0.6 is 0 Å². The lowest BCUT2D eigenvalue weighted by atomic mass is 10.00. The van der Waals surface area contributed by atoms with Crippen LogP contribution in [0.3, 0.4) is 0 Å². The van der Waals surface area contributed by atoms with Crippen LogP contribution in [-0.2, 0) is 6.54 Å². The van der Waals surface area contributed by atoms with Gasteiger partial charge in [0.1, 0.15) is 24.6 Å². The molecule has 0 aliphatic carbocycles. The van der Waals surface area contributed by atoms with E-state index in [1.807, 2.05) is 0 Å². The van der Waals surface area contributed by atoms with Crippen molar-refractivity contribution < 1.29 is 4.57 Å². The summed E-state index contributed by atoms with van der Waals surface area (Å²) in [6.07, 6.45) is 6.52. The average molecular weight is 319 g/mol. The van der Waals surface area contributed by atoms with E-state index in [2.05, 4.69) is 93.7 Å². The van der Waals surface area contributed by atoms with Gasteiger partial charge < -0.3 is 0 Å². The molecule has 0 aliphatic heterocycles. The molecule has 0 saturated heterocycles. The van der Waals surface area contributed by atoms with Crippen LogP contribution in [0.2, 0.25) is 0 Å². The van der Waals surface area contributed by atoms with E-state index in [4.69, 9.17) is 0 Å². The predicted molar refractivity (Wildman–Crippen MR) is 99.9 cm³/mol. The van der Waals surface area contributed by atoms with Gasteiger partial charge >= 0.3 is 0 Å². The highest BCUT2D eigenvalue weighted by molar-refractivity contribution is 5.48. The Kier molecular flexibility index (Phi) is 4.31. The molecule has 1 heterocycles. The highest BCUT2D eigenvalue weighted by Crippen LogP contribution is 2.21. The fourth-order valence-corrected chi connectivity index (χ4v) is 3.84. The van der Waals surface area contributed by atoms with Gasteiger partial charge in [-0.3, -0.25) is 0 Å². The van der Waals surface area contributed by atoms with E-state index in [9.17, 15) is 0 Å². The normalized spacial score (nSPS) is 11.1. The van der Waals surface area contributed by atoms with Crippen LogP contribution in [-0.4, -0.2) is 4.57 Å². The first-order chi connectivity index (χ1) is 11.3. The van der Waals surface area contributed by atoms with Crippen LogP contribution in [0.25, 0.3) is 5.69 Å². The van der Waals surface area contributed by atoms with E-state index >= 15 is 0 Å². The summed E-state index contributed by atoms with van der Waals surface area (Å²) in [6.45, 7) is 14.0. The lowest BCUT2D eigenvalue weighted by Gasteiger charge is -2.09. The predicted octanol–water partition coefficient (Wildman–Crippen LogP) is 4.66. The number of imidazole rings is 1. The summed E-state index contributed by atoms with van der Waals surface area (Å²) >= 11 is 0. The molecule has 3 rings (SSSR count). The van der Waals surface area contributed by atoms with Gasteiger partial charge in [0.25, 0.3) is 0 Å². The van der Waals surface area contributed by atoms with E-state index in [0.29, 0.717) is 0 Å². The highest BCUT2D eigenvalue weighted by Gasteiger charge is 2.14. The summed E-state index contributed by atoms with van der Waals surface area (Å²) in [5.41, 5.74) is 10.7. The van der Waals surface area contributed by atoms with Crippen molar-refractivity contribution in [2.24, 2.45) is 0 Å². The Morgan fingerprint density at radius 3 is 1.79 bits per heavy atom. The quantitative estimate of drug-likeness (QED) is 0.621. The molecule has 0 aliphatic rings. The number of rotatable bonds is 3. The minimum absolute atomic E-state index is 0.912. The lowest BCUT2D eigenvalue weighted by Crippen LogP contribution is -2.32. The van der Waals surface area contributed by atoms with Gasteiger partial charge in [-0.25, -0.2) is 9.13 Å². The largest absolute Gasteiger partial charge is 0.249 e. The van der Waals surface area contributed by atoms with Crippen molar-refractivity contribution in [1.29, 1.82) is 0 Å². The number of nitrogens with zero attached hydrogens (tertiary/aromatic N) is 2. The Hall–Kier alpha value is -2.35. The molecular weight excluding hydrogens is 292 g/mol. The maximum Gasteiger partial charge on any atom is 0.249 e. The molecule has 2 aromatic carbocycles. The number of aryl methyl sites for hydroxylation is 6. The molecule has 124 valence electrons. The van der Waals surface area contributed by atoms with E-state index < -0.39 is 0 Å². The van der Waals surface area contributed by atoms with Gasteiger partial charge in [0.15, 0.2) is 0 Å². The number of aromatic nitrogens is 2. The number of hydrogen-bond acceptors (Lipinski definition) is 0. The van der Waals surface area contributed by atoms with Gasteiger partial charge in [0.05, 0.1) is 0 Å². The molecular formula is C22H27N2+. The zero-order chi connectivity index (χ0) is 17.4. The second-order valence-electron chi connectivity index (χ2n) is 7.12. The van der Waals surface area contributed by atoms with Crippen molar-refractivity contribution in [1.82, 2.24) is 4.57 Å². The molecule has 0 amide bonds. The van der Waals surface area contributed by atoms with Crippen molar-refractivity contribution in [3.8, 4) is 5.69 Å². The molecule has 0 bridgehead atoms. The van der Waals surface area contributed by atoms with Gasteiger partial charge in [0.2, 0.25) is 6.33 Å². The third-order valence-corrected chi connectivity index (χ3v) is 4.77. The zero-order valence-corrected chi connectivity index (χ0v) is 15.6. The van der Waals surface area contributed by atoms with Gasteiger partial charge in [-0.1, -0.05) is 35.4 Å². The standard InChI is InChI=1S/C22H27N2/c1-15-9-17(3)21(18(4)10-15)13-23-7-8-24(14-23)22-19(5)11-16(2)12-20(22)6/h7-12,14H,13H2,1-6H3/q+1. The first kappa shape index (κ1) is 16.5. The molecule has 0 saturated carbocycles. The molecule has 2 nitrogen and oxygen atoms in total. The molecule has 0 radical (unpaired) electrons. The van der Waals surface area contributed by atoms with Gasteiger partial charge in [-0.15, -0.1) is 0 Å². The first-order valence-electron chi connectivity index (χ1n) is 8.57. The third-order valence-electron chi connectivity index (χ3n) is 4.77. The third kappa shape index (κ3) is 3.14. The second kappa shape index (κ2) is 6.27. The van der Waals surface area contributed by atoms with Crippen LogP contribution in [0.1, 0.15) is 38.9 Å². The minimum atomic E-state index is 0.912. The van der Waals surface area contributed by atoms with Crippen LogP contribution in [0, 0.1) is 41.5 Å².